The first-order chi connectivity index (χ1) is 7.15. The van der Waals surface area contributed by atoms with Crippen LogP contribution in [0.1, 0.15) is 5.56 Å². The molecule has 1 rings (SSSR count). The Morgan fingerprint density at radius 1 is 1.53 bits per heavy atom. The van der Waals surface area contributed by atoms with Gasteiger partial charge in [-0.3, -0.25) is 0 Å². The Morgan fingerprint density at radius 3 is 2.93 bits per heavy atom. The van der Waals surface area contributed by atoms with Crippen molar-refractivity contribution in [1.82, 2.24) is 5.32 Å². The summed E-state index contributed by atoms with van der Waals surface area (Å²) >= 11 is 3.38. The number of urea groups is 1. The van der Waals surface area contributed by atoms with Crippen LogP contribution in [-0.2, 0) is 0 Å². The van der Waals surface area contributed by atoms with Crippen LogP contribution in [0.15, 0.2) is 22.7 Å². The Bertz CT molecular complexity index is 355. The molecule has 0 aromatic heterocycles. The Kier molecular flexibility index (Phi) is 4.58. The number of benzene rings is 1. The Balaban J connectivity index is 2.64. The minimum Gasteiger partial charge on any atom is -0.395 e. The van der Waals surface area contributed by atoms with E-state index in [9.17, 15) is 4.79 Å². The fourth-order valence-electron chi connectivity index (χ4n) is 1.08. The zero-order valence-electron chi connectivity index (χ0n) is 8.38. The first-order valence-corrected chi connectivity index (χ1v) is 5.35. The molecule has 4 nitrogen and oxygen atoms in total. The zero-order chi connectivity index (χ0) is 11.3. The van der Waals surface area contributed by atoms with Gasteiger partial charge >= 0.3 is 6.03 Å². The lowest BCUT2D eigenvalue weighted by Gasteiger charge is -2.09. The summed E-state index contributed by atoms with van der Waals surface area (Å²) in [5, 5.41) is 13.7. The summed E-state index contributed by atoms with van der Waals surface area (Å²) in [6.07, 6.45) is 0. The van der Waals surface area contributed by atoms with Crippen LogP contribution in [0.2, 0.25) is 0 Å². The first-order valence-electron chi connectivity index (χ1n) is 4.56. The van der Waals surface area contributed by atoms with Crippen molar-refractivity contribution in [2.75, 3.05) is 18.5 Å². The molecule has 0 aliphatic carbocycles. The Labute approximate surface area is 96.8 Å². The number of anilines is 1. The van der Waals surface area contributed by atoms with Crippen LogP contribution in [0.3, 0.4) is 0 Å². The van der Waals surface area contributed by atoms with Gasteiger partial charge in [-0.2, -0.15) is 0 Å². The van der Waals surface area contributed by atoms with Gasteiger partial charge in [-0.05, 0) is 24.6 Å². The molecule has 0 saturated heterocycles. The van der Waals surface area contributed by atoms with E-state index in [-0.39, 0.29) is 19.2 Å². The second-order valence-electron chi connectivity index (χ2n) is 3.02. The molecule has 3 N–H and O–H groups in total. The predicted octanol–water partition coefficient (Wildman–Crippen LogP) is 1.87. The van der Waals surface area contributed by atoms with Crippen LogP contribution in [0, 0.1) is 6.92 Å². The van der Waals surface area contributed by atoms with Gasteiger partial charge in [0.25, 0.3) is 0 Å². The Morgan fingerprint density at radius 2 is 2.27 bits per heavy atom. The molecule has 0 aliphatic heterocycles. The molecule has 0 spiro atoms. The van der Waals surface area contributed by atoms with Gasteiger partial charge in [-0.1, -0.05) is 22.0 Å². The molecule has 0 atom stereocenters. The second kappa shape index (κ2) is 5.72. The molecule has 1 aromatic rings. The highest BCUT2D eigenvalue weighted by atomic mass is 79.9. The number of rotatable bonds is 3. The lowest BCUT2D eigenvalue weighted by atomic mass is 10.2. The molecule has 0 fully saturated rings. The largest absolute Gasteiger partial charge is 0.395 e. The van der Waals surface area contributed by atoms with Crippen molar-refractivity contribution in [2.45, 2.75) is 6.92 Å². The molecule has 0 radical (unpaired) electrons. The summed E-state index contributed by atoms with van der Waals surface area (Å²) in [7, 11) is 0. The van der Waals surface area contributed by atoms with Crippen molar-refractivity contribution < 1.29 is 9.90 Å². The van der Waals surface area contributed by atoms with Crippen molar-refractivity contribution in [1.29, 1.82) is 0 Å². The average molecular weight is 273 g/mol. The third-order valence-corrected chi connectivity index (χ3v) is 2.77. The number of carbonyl (C=O) groups is 1. The number of hydrogen-bond donors (Lipinski definition) is 3. The van der Waals surface area contributed by atoms with Crippen LogP contribution < -0.4 is 10.6 Å². The van der Waals surface area contributed by atoms with Gasteiger partial charge in [0.1, 0.15) is 0 Å². The molecule has 0 bridgehead atoms. The van der Waals surface area contributed by atoms with Gasteiger partial charge in [0.2, 0.25) is 0 Å². The molecule has 0 heterocycles. The molecular formula is C10H13BrN2O2. The molecule has 5 heteroatoms. The summed E-state index contributed by atoms with van der Waals surface area (Å²) < 4.78 is 0.947. The van der Waals surface area contributed by atoms with E-state index in [0.717, 1.165) is 15.7 Å². The average Bonchev–Trinajstić information content (AvgIpc) is 2.22. The van der Waals surface area contributed by atoms with Crippen LogP contribution in [0.4, 0.5) is 10.5 Å². The van der Waals surface area contributed by atoms with Gasteiger partial charge in [0.15, 0.2) is 0 Å². The highest BCUT2D eigenvalue weighted by Crippen LogP contribution is 2.23. The zero-order valence-corrected chi connectivity index (χ0v) is 9.97. The van der Waals surface area contributed by atoms with Crippen molar-refractivity contribution in [3.63, 3.8) is 0 Å². The summed E-state index contributed by atoms with van der Waals surface area (Å²) in [5.41, 5.74) is 1.72. The SMILES string of the molecule is Cc1c(Br)cccc1NC(=O)NCCO. The molecule has 0 unspecified atom stereocenters. The van der Waals surface area contributed by atoms with Gasteiger partial charge < -0.3 is 15.7 Å². The molecule has 15 heavy (non-hydrogen) atoms. The minimum absolute atomic E-state index is 0.0646. The topological polar surface area (TPSA) is 61.4 Å². The Hall–Kier alpha value is -1.07. The number of aliphatic hydroxyl groups is 1. The van der Waals surface area contributed by atoms with Gasteiger partial charge in [-0.15, -0.1) is 0 Å². The van der Waals surface area contributed by atoms with E-state index in [1.807, 2.05) is 25.1 Å². The van der Waals surface area contributed by atoms with Gasteiger partial charge in [0, 0.05) is 16.7 Å². The smallest absolute Gasteiger partial charge is 0.319 e. The minimum atomic E-state index is -0.315. The van der Waals surface area contributed by atoms with E-state index in [2.05, 4.69) is 26.6 Å². The van der Waals surface area contributed by atoms with Crippen LogP contribution in [0.5, 0.6) is 0 Å². The van der Waals surface area contributed by atoms with Gasteiger partial charge in [-0.25, -0.2) is 4.79 Å². The fourth-order valence-corrected chi connectivity index (χ4v) is 1.45. The lowest BCUT2D eigenvalue weighted by molar-refractivity contribution is 0.245. The molecule has 82 valence electrons. The van der Waals surface area contributed by atoms with E-state index in [1.54, 1.807) is 0 Å². The van der Waals surface area contributed by atoms with E-state index < -0.39 is 0 Å². The van der Waals surface area contributed by atoms with E-state index in [1.165, 1.54) is 0 Å². The monoisotopic (exact) mass is 272 g/mol. The number of amides is 2. The maximum Gasteiger partial charge on any atom is 0.319 e. The maximum atomic E-state index is 11.3. The summed E-state index contributed by atoms with van der Waals surface area (Å²) in [6.45, 7) is 2.09. The summed E-state index contributed by atoms with van der Waals surface area (Å²) in [5.74, 6) is 0. The van der Waals surface area contributed by atoms with E-state index in [4.69, 9.17) is 5.11 Å². The van der Waals surface area contributed by atoms with E-state index in [0.29, 0.717) is 0 Å². The summed E-state index contributed by atoms with van der Waals surface area (Å²) in [4.78, 5) is 11.3. The fraction of sp³-hybridized carbons (Fsp3) is 0.300. The lowest BCUT2D eigenvalue weighted by Crippen LogP contribution is -2.31. The molecular weight excluding hydrogens is 260 g/mol. The third-order valence-electron chi connectivity index (χ3n) is 1.91. The van der Waals surface area contributed by atoms with Crippen LogP contribution in [-0.4, -0.2) is 24.3 Å². The highest BCUT2D eigenvalue weighted by Gasteiger charge is 2.04. The van der Waals surface area contributed by atoms with Gasteiger partial charge in [0.05, 0.1) is 6.61 Å². The summed E-state index contributed by atoms with van der Waals surface area (Å²) in [6, 6.07) is 5.26. The van der Waals surface area contributed by atoms with Crippen molar-refractivity contribution >= 4 is 27.6 Å². The number of aliphatic hydroxyl groups excluding tert-OH is 1. The van der Waals surface area contributed by atoms with Crippen molar-refractivity contribution in [3.05, 3.63) is 28.2 Å². The standard InChI is InChI=1S/C10H13BrN2O2/c1-7-8(11)3-2-4-9(7)13-10(15)12-5-6-14/h2-4,14H,5-6H2,1H3,(H2,12,13,15). The molecule has 0 saturated carbocycles. The number of hydrogen-bond acceptors (Lipinski definition) is 2. The molecule has 2 amide bonds. The van der Waals surface area contributed by atoms with Crippen molar-refractivity contribution in [2.24, 2.45) is 0 Å². The van der Waals surface area contributed by atoms with E-state index >= 15 is 0 Å². The third kappa shape index (κ3) is 3.53. The normalized spacial score (nSPS) is 9.80. The molecule has 1 aromatic carbocycles. The second-order valence-corrected chi connectivity index (χ2v) is 3.87. The van der Waals surface area contributed by atoms with Crippen molar-refractivity contribution in [3.8, 4) is 0 Å². The number of carbonyl (C=O) groups excluding carboxylic acids is 1. The predicted molar refractivity (Wildman–Crippen MR) is 63.0 cm³/mol. The number of nitrogens with one attached hydrogen (secondary N) is 2. The number of halogens is 1. The highest BCUT2D eigenvalue weighted by molar-refractivity contribution is 9.10. The van der Waals surface area contributed by atoms with Crippen LogP contribution in [0.25, 0.3) is 0 Å². The van der Waals surface area contributed by atoms with Crippen LogP contribution >= 0.6 is 15.9 Å². The maximum absolute atomic E-state index is 11.3. The first kappa shape index (κ1) is 12.0. The quantitative estimate of drug-likeness (QED) is 0.787. The molecule has 0 aliphatic rings.